The summed E-state index contributed by atoms with van der Waals surface area (Å²) in [6.45, 7) is 0. The zero-order valence-electron chi connectivity index (χ0n) is 8.99. The summed E-state index contributed by atoms with van der Waals surface area (Å²) in [4.78, 5) is 1.57. The minimum Gasteiger partial charge on any atom is -0.143 e. The van der Waals surface area contributed by atoms with Gasteiger partial charge < -0.3 is 0 Å². The molecule has 0 aliphatic carbocycles. The molecule has 2 heterocycles. The minimum atomic E-state index is 0.231. The maximum Gasteiger partial charge on any atom is 0.0750 e. The molecule has 0 amide bonds. The van der Waals surface area contributed by atoms with Gasteiger partial charge in [0.15, 0.2) is 0 Å². The fraction of sp³-hybridized carbons (Fsp3) is 0.0769. The maximum absolute atomic E-state index is 3.81. The number of fused-ring (bicyclic) bond motifs is 1. The van der Waals surface area contributed by atoms with Crippen molar-refractivity contribution in [2.45, 2.75) is 4.83 Å². The number of halogens is 3. The summed E-state index contributed by atoms with van der Waals surface area (Å²) >= 11 is 14.6. The van der Waals surface area contributed by atoms with E-state index < -0.39 is 0 Å². The van der Waals surface area contributed by atoms with Crippen LogP contribution in [-0.4, -0.2) is 0 Å². The van der Waals surface area contributed by atoms with E-state index in [4.69, 9.17) is 0 Å². The van der Waals surface area contributed by atoms with Gasteiger partial charge in [-0.3, -0.25) is 0 Å². The molecule has 0 bridgehead atoms. The van der Waals surface area contributed by atoms with Crippen LogP contribution in [0.5, 0.6) is 0 Å². The first-order chi connectivity index (χ1) is 8.65. The van der Waals surface area contributed by atoms with E-state index in [1.165, 1.54) is 19.8 Å². The SMILES string of the molecule is Brc1ccc(Br)c(C(Br)c2cc3sccc3s2)c1. The molecule has 0 aliphatic rings. The molecule has 1 unspecified atom stereocenters. The molecule has 0 fully saturated rings. The van der Waals surface area contributed by atoms with Crippen molar-refractivity contribution in [3.05, 3.63) is 55.1 Å². The predicted octanol–water partition coefficient (Wildman–Crippen LogP) is 6.97. The molecule has 0 saturated carbocycles. The summed E-state index contributed by atoms with van der Waals surface area (Å²) in [5.41, 5.74) is 1.25. The van der Waals surface area contributed by atoms with Crippen LogP contribution in [0.1, 0.15) is 15.3 Å². The monoisotopic (exact) mass is 464 g/mol. The number of rotatable bonds is 2. The van der Waals surface area contributed by atoms with Gasteiger partial charge >= 0.3 is 0 Å². The molecule has 2 aromatic heterocycles. The van der Waals surface area contributed by atoms with Gasteiger partial charge in [0.1, 0.15) is 0 Å². The Morgan fingerprint density at radius 1 is 1.00 bits per heavy atom. The Hall–Kier alpha value is 0.320. The van der Waals surface area contributed by atoms with Gasteiger partial charge in [0.2, 0.25) is 0 Å². The van der Waals surface area contributed by atoms with E-state index in [9.17, 15) is 0 Å². The molecule has 0 N–H and O–H groups in total. The zero-order valence-corrected chi connectivity index (χ0v) is 15.4. The van der Waals surface area contributed by atoms with Crippen molar-refractivity contribution < 1.29 is 0 Å². The van der Waals surface area contributed by atoms with Gasteiger partial charge in [-0.25, -0.2) is 0 Å². The number of thiophene rings is 2. The standard InChI is InChI=1S/C13H7Br3S2/c14-7-1-2-9(15)8(5-7)13(16)12-6-11-10(18-12)3-4-17-11/h1-6,13H. The number of hydrogen-bond donors (Lipinski definition) is 0. The van der Waals surface area contributed by atoms with Crippen LogP contribution in [0.15, 0.2) is 44.7 Å². The van der Waals surface area contributed by atoms with E-state index in [1.54, 1.807) is 11.3 Å². The first-order valence-corrected chi connectivity index (χ1v) is 9.41. The third-order valence-corrected chi connectivity index (χ3v) is 7.30. The van der Waals surface area contributed by atoms with Crippen LogP contribution in [0.3, 0.4) is 0 Å². The Morgan fingerprint density at radius 2 is 1.83 bits per heavy atom. The topological polar surface area (TPSA) is 0 Å². The lowest BCUT2D eigenvalue weighted by molar-refractivity contribution is 1.20. The van der Waals surface area contributed by atoms with Crippen molar-refractivity contribution in [1.29, 1.82) is 0 Å². The van der Waals surface area contributed by atoms with Gasteiger partial charge in [0.25, 0.3) is 0 Å². The third-order valence-electron chi connectivity index (χ3n) is 2.64. The Balaban J connectivity index is 2.05. The summed E-state index contributed by atoms with van der Waals surface area (Å²) in [6.07, 6.45) is 0. The average molecular weight is 467 g/mol. The van der Waals surface area contributed by atoms with Crippen molar-refractivity contribution in [1.82, 2.24) is 0 Å². The highest BCUT2D eigenvalue weighted by Gasteiger charge is 2.17. The van der Waals surface area contributed by atoms with Gasteiger partial charge in [0.05, 0.1) is 4.83 Å². The van der Waals surface area contributed by atoms with Crippen molar-refractivity contribution in [3.63, 3.8) is 0 Å². The van der Waals surface area contributed by atoms with E-state index in [0.717, 1.165) is 8.95 Å². The summed E-state index contributed by atoms with van der Waals surface area (Å²) in [6, 6.07) is 10.7. The fourth-order valence-electron chi connectivity index (χ4n) is 1.77. The van der Waals surface area contributed by atoms with Gasteiger partial charge in [-0.05, 0) is 41.3 Å². The van der Waals surface area contributed by atoms with Crippen LogP contribution >= 0.6 is 70.5 Å². The highest BCUT2D eigenvalue weighted by Crippen LogP contribution is 2.42. The molecule has 3 rings (SSSR count). The molecule has 1 aromatic carbocycles. The summed E-state index contributed by atoms with van der Waals surface area (Å²) in [5.74, 6) is 0. The Morgan fingerprint density at radius 3 is 2.61 bits per heavy atom. The smallest absolute Gasteiger partial charge is 0.0750 e. The molecule has 0 saturated heterocycles. The summed E-state index contributed by atoms with van der Waals surface area (Å²) in [5, 5.41) is 2.14. The molecule has 0 radical (unpaired) electrons. The lowest BCUT2D eigenvalue weighted by Gasteiger charge is -2.10. The molecular weight excluding hydrogens is 460 g/mol. The van der Waals surface area contributed by atoms with Crippen molar-refractivity contribution in [3.8, 4) is 0 Å². The quantitative estimate of drug-likeness (QED) is 0.357. The maximum atomic E-state index is 3.81. The van der Waals surface area contributed by atoms with E-state index >= 15 is 0 Å². The van der Waals surface area contributed by atoms with Gasteiger partial charge in [0, 0.05) is 23.2 Å². The first-order valence-electron chi connectivity index (χ1n) is 5.21. The lowest BCUT2D eigenvalue weighted by Crippen LogP contribution is -1.91. The Labute approximate surface area is 138 Å². The van der Waals surface area contributed by atoms with Crippen molar-refractivity contribution in [2.75, 3.05) is 0 Å². The zero-order chi connectivity index (χ0) is 12.7. The molecule has 1 atom stereocenters. The second-order valence-electron chi connectivity index (χ2n) is 3.83. The Kier molecular flexibility index (Phi) is 3.97. The van der Waals surface area contributed by atoms with Crippen LogP contribution < -0.4 is 0 Å². The number of alkyl halides is 1. The van der Waals surface area contributed by atoms with Gasteiger partial charge in [-0.15, -0.1) is 22.7 Å². The normalized spacial score (nSPS) is 13.1. The van der Waals surface area contributed by atoms with Crippen molar-refractivity contribution in [2.24, 2.45) is 0 Å². The van der Waals surface area contributed by atoms with Crippen LogP contribution in [0.4, 0.5) is 0 Å². The average Bonchev–Trinajstić information content (AvgIpc) is 2.91. The highest BCUT2D eigenvalue weighted by molar-refractivity contribution is 9.11. The molecule has 0 nitrogen and oxygen atoms in total. The first kappa shape index (κ1) is 13.3. The van der Waals surface area contributed by atoms with Gasteiger partial charge in [-0.2, -0.15) is 0 Å². The second-order valence-corrected chi connectivity index (χ2v) is 8.57. The lowest BCUT2D eigenvalue weighted by atomic mass is 10.1. The van der Waals surface area contributed by atoms with E-state index in [-0.39, 0.29) is 4.83 Å². The predicted molar refractivity (Wildman–Crippen MR) is 92.3 cm³/mol. The minimum absolute atomic E-state index is 0.231. The van der Waals surface area contributed by atoms with Crippen LogP contribution in [0, 0.1) is 0 Å². The largest absolute Gasteiger partial charge is 0.143 e. The summed E-state index contributed by atoms with van der Waals surface area (Å²) in [7, 11) is 0. The summed E-state index contributed by atoms with van der Waals surface area (Å²) < 4.78 is 4.96. The molecule has 92 valence electrons. The number of hydrogen-bond acceptors (Lipinski definition) is 2. The molecule has 3 aromatic rings. The van der Waals surface area contributed by atoms with E-state index in [1.807, 2.05) is 17.4 Å². The van der Waals surface area contributed by atoms with Crippen LogP contribution in [0.25, 0.3) is 9.40 Å². The van der Waals surface area contributed by atoms with E-state index in [2.05, 4.69) is 77.4 Å². The van der Waals surface area contributed by atoms with E-state index in [0.29, 0.717) is 0 Å². The van der Waals surface area contributed by atoms with Crippen molar-refractivity contribution >= 4 is 79.9 Å². The molecule has 0 aliphatic heterocycles. The molecule has 5 heteroatoms. The fourth-order valence-corrected chi connectivity index (χ4v) is 5.84. The third kappa shape index (κ3) is 2.48. The van der Waals surface area contributed by atoms with Gasteiger partial charge in [-0.1, -0.05) is 47.8 Å². The second kappa shape index (κ2) is 5.37. The highest BCUT2D eigenvalue weighted by atomic mass is 79.9. The number of benzene rings is 1. The molecule has 18 heavy (non-hydrogen) atoms. The van der Waals surface area contributed by atoms with Crippen LogP contribution in [0.2, 0.25) is 0 Å². The Bertz CT molecular complexity index is 671. The van der Waals surface area contributed by atoms with Crippen LogP contribution in [-0.2, 0) is 0 Å². The molecule has 0 spiro atoms. The molecular formula is C13H7Br3S2.